The molecule has 1 heterocycles. The van der Waals surface area contributed by atoms with E-state index >= 15 is 0 Å². The van der Waals surface area contributed by atoms with Crippen LogP contribution in [0.15, 0.2) is 47.1 Å². The van der Waals surface area contributed by atoms with Gasteiger partial charge in [0.2, 0.25) is 5.91 Å². The van der Waals surface area contributed by atoms with E-state index in [0.29, 0.717) is 11.3 Å². The van der Waals surface area contributed by atoms with Crippen LogP contribution in [0.4, 0.5) is 0 Å². The number of ether oxygens (including phenoxy) is 1. The second-order valence-electron chi connectivity index (χ2n) is 5.55. The van der Waals surface area contributed by atoms with Gasteiger partial charge < -0.3 is 19.4 Å². The van der Waals surface area contributed by atoms with E-state index < -0.39 is 18.5 Å². The van der Waals surface area contributed by atoms with E-state index in [1.807, 2.05) is 6.92 Å². The largest absolute Gasteiger partial charge is 0.467 e. The molecule has 0 aliphatic rings. The fourth-order valence-electron chi connectivity index (χ4n) is 1.97. The minimum absolute atomic E-state index is 0.137. The highest BCUT2D eigenvalue weighted by Crippen LogP contribution is 2.05. The SMILES string of the molecule is Cc1ccc(C(=O)OCC(=O)N(C)CC(=O)NCc2ccco2)cc1. The van der Waals surface area contributed by atoms with Crippen molar-refractivity contribution in [3.63, 3.8) is 0 Å². The molecular formula is C18H20N2O5. The molecule has 0 aliphatic carbocycles. The number of furan rings is 1. The zero-order chi connectivity index (χ0) is 18.2. The number of nitrogens with one attached hydrogen (secondary N) is 1. The van der Waals surface area contributed by atoms with Crippen LogP contribution in [0.1, 0.15) is 21.7 Å². The first-order chi connectivity index (χ1) is 12.0. The summed E-state index contributed by atoms with van der Waals surface area (Å²) in [5.41, 5.74) is 1.39. The number of carbonyl (C=O) groups excluding carboxylic acids is 3. The standard InChI is InChI=1S/C18H20N2O5/c1-13-5-7-14(8-6-13)18(23)25-12-17(22)20(2)11-16(21)19-10-15-4-3-9-24-15/h3-9H,10-12H2,1-2H3,(H,19,21). The van der Waals surface area contributed by atoms with Gasteiger partial charge in [-0.2, -0.15) is 0 Å². The number of aryl methyl sites for hydroxylation is 1. The number of hydrogen-bond donors (Lipinski definition) is 1. The summed E-state index contributed by atoms with van der Waals surface area (Å²) >= 11 is 0. The highest BCUT2D eigenvalue weighted by atomic mass is 16.5. The Kier molecular flexibility index (Phi) is 6.33. The molecule has 0 spiro atoms. The maximum atomic E-state index is 12.0. The molecule has 0 bridgehead atoms. The van der Waals surface area contributed by atoms with Gasteiger partial charge in [0.25, 0.3) is 5.91 Å². The van der Waals surface area contributed by atoms with Crippen molar-refractivity contribution in [2.75, 3.05) is 20.2 Å². The van der Waals surface area contributed by atoms with Crippen molar-refractivity contribution in [2.24, 2.45) is 0 Å². The summed E-state index contributed by atoms with van der Waals surface area (Å²) in [5, 5.41) is 2.63. The molecular weight excluding hydrogens is 324 g/mol. The molecule has 2 aromatic rings. The van der Waals surface area contributed by atoms with E-state index in [0.717, 1.165) is 5.56 Å². The van der Waals surface area contributed by atoms with Gasteiger partial charge in [-0.3, -0.25) is 9.59 Å². The lowest BCUT2D eigenvalue weighted by molar-refractivity contribution is -0.137. The predicted molar refractivity (Wildman–Crippen MR) is 89.7 cm³/mol. The number of likely N-dealkylation sites (N-methyl/N-ethyl adjacent to an activating group) is 1. The van der Waals surface area contributed by atoms with E-state index in [2.05, 4.69) is 5.32 Å². The topological polar surface area (TPSA) is 88.9 Å². The van der Waals surface area contributed by atoms with E-state index in [1.165, 1.54) is 18.2 Å². The lowest BCUT2D eigenvalue weighted by Crippen LogP contribution is -2.39. The van der Waals surface area contributed by atoms with E-state index in [9.17, 15) is 14.4 Å². The molecule has 7 nitrogen and oxygen atoms in total. The van der Waals surface area contributed by atoms with Gasteiger partial charge in [-0.05, 0) is 31.2 Å². The van der Waals surface area contributed by atoms with E-state index in [-0.39, 0.29) is 19.0 Å². The van der Waals surface area contributed by atoms with Crippen molar-refractivity contribution in [1.82, 2.24) is 10.2 Å². The second-order valence-corrected chi connectivity index (χ2v) is 5.55. The molecule has 0 fully saturated rings. The van der Waals surface area contributed by atoms with Gasteiger partial charge in [0, 0.05) is 7.05 Å². The van der Waals surface area contributed by atoms with Crippen LogP contribution in [0.25, 0.3) is 0 Å². The first-order valence-corrected chi connectivity index (χ1v) is 7.72. The highest BCUT2D eigenvalue weighted by Gasteiger charge is 2.16. The molecule has 132 valence electrons. The summed E-state index contributed by atoms with van der Waals surface area (Å²) in [6, 6.07) is 10.3. The van der Waals surface area contributed by atoms with Crippen LogP contribution in [0, 0.1) is 6.92 Å². The third-order valence-electron chi connectivity index (χ3n) is 3.46. The van der Waals surface area contributed by atoms with Crippen molar-refractivity contribution in [1.29, 1.82) is 0 Å². The molecule has 1 N–H and O–H groups in total. The van der Waals surface area contributed by atoms with E-state index in [4.69, 9.17) is 9.15 Å². The molecule has 0 atom stereocenters. The number of carbonyl (C=O) groups is 3. The predicted octanol–water partition coefficient (Wildman–Crippen LogP) is 1.52. The van der Waals surface area contributed by atoms with Crippen molar-refractivity contribution in [3.05, 3.63) is 59.5 Å². The Hall–Kier alpha value is -3.09. The van der Waals surface area contributed by atoms with Crippen molar-refractivity contribution >= 4 is 17.8 Å². The van der Waals surface area contributed by atoms with Crippen LogP contribution in [0.5, 0.6) is 0 Å². The van der Waals surface area contributed by atoms with E-state index in [1.54, 1.807) is 36.4 Å². The number of esters is 1. The minimum atomic E-state index is -0.580. The summed E-state index contributed by atoms with van der Waals surface area (Å²) in [7, 11) is 1.47. The minimum Gasteiger partial charge on any atom is -0.467 e. The number of hydrogen-bond acceptors (Lipinski definition) is 5. The summed E-state index contributed by atoms with van der Waals surface area (Å²) in [5.74, 6) is -0.760. The number of amides is 2. The average Bonchev–Trinajstić information content (AvgIpc) is 3.11. The Morgan fingerprint density at radius 2 is 1.88 bits per heavy atom. The van der Waals surface area contributed by atoms with Gasteiger partial charge in [-0.1, -0.05) is 17.7 Å². The number of nitrogens with zero attached hydrogens (tertiary/aromatic N) is 1. The van der Waals surface area contributed by atoms with Gasteiger partial charge in [-0.15, -0.1) is 0 Å². The fraction of sp³-hybridized carbons (Fsp3) is 0.278. The Morgan fingerprint density at radius 1 is 1.16 bits per heavy atom. The number of benzene rings is 1. The molecule has 7 heteroatoms. The normalized spacial score (nSPS) is 10.2. The zero-order valence-electron chi connectivity index (χ0n) is 14.2. The Morgan fingerprint density at radius 3 is 2.52 bits per heavy atom. The first kappa shape index (κ1) is 18.3. The van der Waals surface area contributed by atoms with Crippen molar-refractivity contribution in [2.45, 2.75) is 13.5 Å². The molecule has 1 aromatic heterocycles. The van der Waals surface area contributed by atoms with Crippen molar-refractivity contribution < 1.29 is 23.5 Å². The zero-order valence-corrected chi connectivity index (χ0v) is 14.2. The average molecular weight is 344 g/mol. The Balaban J connectivity index is 1.72. The quantitative estimate of drug-likeness (QED) is 0.769. The summed E-state index contributed by atoms with van der Waals surface area (Å²) in [6.07, 6.45) is 1.51. The third-order valence-corrected chi connectivity index (χ3v) is 3.46. The molecule has 0 unspecified atom stereocenters. The molecule has 0 saturated heterocycles. The molecule has 0 aliphatic heterocycles. The van der Waals surface area contributed by atoms with Crippen LogP contribution in [0.2, 0.25) is 0 Å². The lowest BCUT2D eigenvalue weighted by atomic mass is 10.1. The van der Waals surface area contributed by atoms with Gasteiger partial charge in [0.15, 0.2) is 6.61 Å². The molecule has 2 rings (SSSR count). The van der Waals surface area contributed by atoms with Crippen LogP contribution in [-0.4, -0.2) is 42.9 Å². The van der Waals surface area contributed by atoms with Gasteiger partial charge in [0.05, 0.1) is 24.9 Å². The highest BCUT2D eigenvalue weighted by molar-refractivity contribution is 5.92. The third kappa shape index (κ3) is 5.80. The first-order valence-electron chi connectivity index (χ1n) is 7.72. The molecule has 0 radical (unpaired) electrons. The maximum absolute atomic E-state index is 12.0. The van der Waals surface area contributed by atoms with Crippen LogP contribution < -0.4 is 5.32 Å². The smallest absolute Gasteiger partial charge is 0.338 e. The molecule has 2 amide bonds. The van der Waals surface area contributed by atoms with Gasteiger partial charge in [-0.25, -0.2) is 4.79 Å². The Labute approximate surface area is 145 Å². The molecule has 25 heavy (non-hydrogen) atoms. The monoisotopic (exact) mass is 344 g/mol. The lowest BCUT2D eigenvalue weighted by Gasteiger charge is -2.16. The van der Waals surface area contributed by atoms with Crippen molar-refractivity contribution in [3.8, 4) is 0 Å². The Bertz CT molecular complexity index is 722. The van der Waals surface area contributed by atoms with Gasteiger partial charge >= 0.3 is 5.97 Å². The maximum Gasteiger partial charge on any atom is 0.338 e. The van der Waals surface area contributed by atoms with Gasteiger partial charge in [0.1, 0.15) is 5.76 Å². The molecule has 0 saturated carbocycles. The van der Waals surface area contributed by atoms with Crippen LogP contribution in [-0.2, 0) is 20.9 Å². The summed E-state index contributed by atoms with van der Waals surface area (Å²) in [6.45, 7) is 1.59. The second kappa shape index (κ2) is 8.68. The molecule has 1 aromatic carbocycles. The number of rotatable bonds is 7. The fourth-order valence-corrected chi connectivity index (χ4v) is 1.97. The summed E-state index contributed by atoms with van der Waals surface area (Å²) in [4.78, 5) is 36.8. The van der Waals surface area contributed by atoms with Crippen LogP contribution >= 0.6 is 0 Å². The van der Waals surface area contributed by atoms with Crippen LogP contribution in [0.3, 0.4) is 0 Å². The summed E-state index contributed by atoms with van der Waals surface area (Å²) < 4.78 is 10.1.